The van der Waals surface area contributed by atoms with Crippen LogP contribution >= 0.6 is 0 Å². The van der Waals surface area contributed by atoms with Crippen LogP contribution in [0.1, 0.15) is 26.7 Å². The van der Waals surface area contributed by atoms with Gasteiger partial charge in [0.05, 0.1) is 6.61 Å². The Kier molecular flexibility index (Phi) is 7.76. The second kappa shape index (κ2) is 8.93. The summed E-state index contributed by atoms with van der Waals surface area (Å²) in [6.07, 6.45) is 2.00. The van der Waals surface area contributed by atoms with Crippen LogP contribution in [0.5, 0.6) is 0 Å². The second-order valence-corrected chi connectivity index (χ2v) is 3.93. The van der Waals surface area contributed by atoms with Gasteiger partial charge in [-0.05, 0) is 32.6 Å². The maximum absolute atomic E-state index is 5.63. The quantitative estimate of drug-likeness (QED) is 0.598. The molecule has 0 aliphatic carbocycles. The maximum Gasteiger partial charge on any atom is 0.180 e. The highest BCUT2D eigenvalue weighted by Gasteiger charge is 2.15. The van der Waals surface area contributed by atoms with E-state index in [4.69, 9.17) is 18.9 Å². The van der Waals surface area contributed by atoms with Crippen LogP contribution < -0.4 is 0 Å². The molecule has 0 amide bonds. The molecule has 0 atom stereocenters. The van der Waals surface area contributed by atoms with Crippen molar-refractivity contribution in [2.75, 3.05) is 39.6 Å². The van der Waals surface area contributed by atoms with Crippen LogP contribution in [-0.4, -0.2) is 45.9 Å². The van der Waals surface area contributed by atoms with Gasteiger partial charge in [-0.15, -0.1) is 0 Å². The summed E-state index contributed by atoms with van der Waals surface area (Å²) in [5.74, 6) is 0.637. The highest BCUT2D eigenvalue weighted by Crippen LogP contribution is 2.14. The molecule has 1 heterocycles. The van der Waals surface area contributed by atoms with Gasteiger partial charge in [0, 0.05) is 33.0 Å². The van der Waals surface area contributed by atoms with Crippen LogP contribution in [0.15, 0.2) is 0 Å². The lowest BCUT2D eigenvalue weighted by molar-refractivity contribution is -0.170. The van der Waals surface area contributed by atoms with E-state index in [1.807, 2.05) is 13.8 Å². The van der Waals surface area contributed by atoms with Crippen LogP contribution in [0.3, 0.4) is 0 Å². The molecule has 1 aliphatic heterocycles. The van der Waals surface area contributed by atoms with Gasteiger partial charge >= 0.3 is 0 Å². The van der Waals surface area contributed by atoms with Gasteiger partial charge in [0.15, 0.2) is 6.29 Å². The minimum absolute atomic E-state index is 0.213. The fourth-order valence-electron chi connectivity index (χ4n) is 1.76. The van der Waals surface area contributed by atoms with E-state index in [9.17, 15) is 0 Å². The fourth-order valence-corrected chi connectivity index (χ4v) is 1.76. The molecular formula is C12H24O4. The Morgan fingerprint density at radius 2 is 1.75 bits per heavy atom. The molecule has 0 radical (unpaired) electrons. The smallest absolute Gasteiger partial charge is 0.180 e. The number of hydrogen-bond acceptors (Lipinski definition) is 4. The van der Waals surface area contributed by atoms with E-state index in [-0.39, 0.29) is 6.29 Å². The topological polar surface area (TPSA) is 36.9 Å². The zero-order valence-electron chi connectivity index (χ0n) is 10.4. The zero-order chi connectivity index (χ0) is 11.6. The minimum Gasteiger partial charge on any atom is -0.381 e. The highest BCUT2D eigenvalue weighted by atomic mass is 16.7. The van der Waals surface area contributed by atoms with Crippen molar-refractivity contribution in [3.8, 4) is 0 Å². The van der Waals surface area contributed by atoms with Crippen LogP contribution in [-0.2, 0) is 18.9 Å². The standard InChI is InChI=1S/C12H24O4/c1-3-15-12(16-4-2)10-14-9-11-5-7-13-8-6-11/h11-12H,3-10H2,1-2H3. The Bertz CT molecular complexity index is 151. The average molecular weight is 232 g/mol. The van der Waals surface area contributed by atoms with Crippen molar-refractivity contribution in [2.45, 2.75) is 33.0 Å². The number of rotatable bonds is 8. The highest BCUT2D eigenvalue weighted by molar-refractivity contribution is 4.62. The Morgan fingerprint density at radius 3 is 2.31 bits per heavy atom. The molecule has 0 saturated carbocycles. The van der Waals surface area contributed by atoms with Crippen LogP contribution in [0, 0.1) is 5.92 Å². The molecular weight excluding hydrogens is 208 g/mol. The normalized spacial score (nSPS) is 18.2. The molecule has 4 nitrogen and oxygen atoms in total. The Labute approximate surface area is 98.2 Å². The summed E-state index contributed by atoms with van der Waals surface area (Å²) in [6.45, 7) is 8.30. The molecule has 0 aromatic heterocycles. The zero-order valence-corrected chi connectivity index (χ0v) is 10.4. The summed E-state index contributed by atoms with van der Waals surface area (Å²) < 4.78 is 21.7. The third-order valence-electron chi connectivity index (χ3n) is 2.65. The Balaban J connectivity index is 2.06. The first kappa shape index (κ1) is 13.9. The van der Waals surface area contributed by atoms with E-state index >= 15 is 0 Å². The van der Waals surface area contributed by atoms with E-state index in [0.29, 0.717) is 25.7 Å². The van der Waals surface area contributed by atoms with E-state index in [2.05, 4.69) is 0 Å². The molecule has 0 N–H and O–H groups in total. The first-order chi connectivity index (χ1) is 7.86. The van der Waals surface area contributed by atoms with Crippen LogP contribution in [0.4, 0.5) is 0 Å². The van der Waals surface area contributed by atoms with Crippen LogP contribution in [0.2, 0.25) is 0 Å². The van der Waals surface area contributed by atoms with Crippen molar-refractivity contribution in [2.24, 2.45) is 5.92 Å². The molecule has 0 spiro atoms. The van der Waals surface area contributed by atoms with Gasteiger partial charge in [-0.3, -0.25) is 0 Å². The summed E-state index contributed by atoms with van der Waals surface area (Å²) in [7, 11) is 0. The first-order valence-electron chi connectivity index (χ1n) is 6.25. The van der Waals surface area contributed by atoms with Gasteiger partial charge in [0.1, 0.15) is 0 Å². The summed E-state index contributed by atoms with van der Waals surface area (Å²) in [5.41, 5.74) is 0. The molecule has 0 aromatic rings. The predicted octanol–water partition coefficient (Wildman–Crippen LogP) is 1.83. The Hall–Kier alpha value is -0.160. The maximum atomic E-state index is 5.63. The average Bonchev–Trinajstić information content (AvgIpc) is 2.31. The predicted molar refractivity (Wildman–Crippen MR) is 61.4 cm³/mol. The third kappa shape index (κ3) is 5.80. The molecule has 0 bridgehead atoms. The minimum atomic E-state index is -0.213. The monoisotopic (exact) mass is 232 g/mol. The summed E-state index contributed by atoms with van der Waals surface area (Å²) in [4.78, 5) is 0. The molecule has 1 saturated heterocycles. The number of ether oxygens (including phenoxy) is 4. The lowest BCUT2D eigenvalue weighted by Gasteiger charge is -2.23. The third-order valence-corrected chi connectivity index (χ3v) is 2.65. The van der Waals surface area contributed by atoms with Crippen molar-refractivity contribution in [1.82, 2.24) is 0 Å². The lowest BCUT2D eigenvalue weighted by atomic mass is 10.0. The molecule has 96 valence electrons. The summed E-state index contributed by atoms with van der Waals surface area (Å²) >= 11 is 0. The van der Waals surface area contributed by atoms with Crippen molar-refractivity contribution in [3.63, 3.8) is 0 Å². The second-order valence-electron chi connectivity index (χ2n) is 3.93. The molecule has 4 heteroatoms. The molecule has 0 unspecified atom stereocenters. The molecule has 0 aromatic carbocycles. The van der Waals surface area contributed by atoms with Gasteiger partial charge in [-0.25, -0.2) is 0 Å². The van der Waals surface area contributed by atoms with Gasteiger partial charge in [-0.2, -0.15) is 0 Å². The molecule has 16 heavy (non-hydrogen) atoms. The first-order valence-corrected chi connectivity index (χ1v) is 6.25. The van der Waals surface area contributed by atoms with E-state index in [0.717, 1.165) is 32.7 Å². The van der Waals surface area contributed by atoms with E-state index < -0.39 is 0 Å². The van der Waals surface area contributed by atoms with Gasteiger partial charge in [0.25, 0.3) is 0 Å². The Morgan fingerprint density at radius 1 is 1.12 bits per heavy atom. The summed E-state index contributed by atoms with van der Waals surface area (Å²) in [6, 6.07) is 0. The summed E-state index contributed by atoms with van der Waals surface area (Å²) in [5, 5.41) is 0. The SMILES string of the molecule is CCOC(COCC1CCOCC1)OCC. The van der Waals surface area contributed by atoms with Crippen molar-refractivity contribution in [1.29, 1.82) is 0 Å². The molecule has 1 fully saturated rings. The van der Waals surface area contributed by atoms with Crippen LogP contribution in [0.25, 0.3) is 0 Å². The van der Waals surface area contributed by atoms with E-state index in [1.54, 1.807) is 0 Å². The van der Waals surface area contributed by atoms with Gasteiger partial charge in [-0.1, -0.05) is 0 Å². The van der Waals surface area contributed by atoms with Crippen molar-refractivity contribution >= 4 is 0 Å². The van der Waals surface area contributed by atoms with Crippen molar-refractivity contribution in [3.05, 3.63) is 0 Å². The van der Waals surface area contributed by atoms with Crippen molar-refractivity contribution < 1.29 is 18.9 Å². The van der Waals surface area contributed by atoms with Gasteiger partial charge in [0.2, 0.25) is 0 Å². The lowest BCUT2D eigenvalue weighted by Crippen LogP contribution is -2.26. The van der Waals surface area contributed by atoms with E-state index in [1.165, 1.54) is 0 Å². The van der Waals surface area contributed by atoms with Gasteiger partial charge < -0.3 is 18.9 Å². The fraction of sp³-hybridized carbons (Fsp3) is 1.00. The largest absolute Gasteiger partial charge is 0.381 e. The molecule has 1 rings (SSSR count). The molecule has 1 aliphatic rings. The number of hydrogen-bond donors (Lipinski definition) is 0.